The first kappa shape index (κ1) is 19.6. The van der Waals surface area contributed by atoms with Gasteiger partial charge in [0.25, 0.3) is 5.91 Å². The van der Waals surface area contributed by atoms with Crippen LogP contribution in [0.3, 0.4) is 0 Å². The summed E-state index contributed by atoms with van der Waals surface area (Å²) in [6.07, 6.45) is 3.10. The van der Waals surface area contributed by atoms with Gasteiger partial charge in [0.15, 0.2) is 5.78 Å². The number of pyridine rings is 1. The summed E-state index contributed by atoms with van der Waals surface area (Å²) in [5, 5.41) is 6.52. The van der Waals surface area contributed by atoms with Crippen molar-refractivity contribution in [1.82, 2.24) is 4.98 Å². The van der Waals surface area contributed by atoms with Crippen LogP contribution in [0.1, 0.15) is 38.8 Å². The second-order valence-electron chi connectivity index (χ2n) is 6.62. The van der Waals surface area contributed by atoms with Crippen molar-refractivity contribution in [3.05, 3.63) is 82.1 Å². The van der Waals surface area contributed by atoms with Gasteiger partial charge in [-0.05, 0) is 56.2 Å². The minimum absolute atomic E-state index is 0.0137. The van der Waals surface area contributed by atoms with Crippen molar-refractivity contribution in [1.29, 1.82) is 0 Å². The minimum Gasteiger partial charge on any atom is -0.354 e. The molecule has 1 aromatic heterocycles. The monoisotopic (exact) mass is 393 g/mol. The highest BCUT2D eigenvalue weighted by Crippen LogP contribution is 2.28. The zero-order valence-electron chi connectivity index (χ0n) is 15.8. The molecule has 5 nitrogen and oxygen atoms in total. The lowest BCUT2D eigenvalue weighted by molar-refractivity contribution is 0.101. The summed E-state index contributed by atoms with van der Waals surface area (Å²) in [7, 11) is 0. The number of benzene rings is 2. The van der Waals surface area contributed by atoms with Gasteiger partial charge in [0, 0.05) is 17.4 Å². The zero-order chi connectivity index (χ0) is 20.3. The van der Waals surface area contributed by atoms with Gasteiger partial charge in [-0.25, -0.2) is 0 Å². The fourth-order valence-corrected chi connectivity index (χ4v) is 3.24. The predicted octanol–water partition coefficient (Wildman–Crippen LogP) is 5.55. The Kier molecular flexibility index (Phi) is 5.76. The molecule has 3 aromatic rings. The molecular weight excluding hydrogens is 374 g/mol. The number of hydrogen-bond donors (Lipinski definition) is 2. The van der Waals surface area contributed by atoms with Crippen LogP contribution in [0.15, 0.2) is 54.9 Å². The molecule has 0 aliphatic rings. The number of nitrogens with zero attached hydrogens (tertiary/aromatic N) is 1. The third kappa shape index (κ3) is 4.56. The first-order valence-electron chi connectivity index (χ1n) is 8.74. The van der Waals surface area contributed by atoms with Crippen molar-refractivity contribution in [2.75, 3.05) is 10.6 Å². The predicted molar refractivity (Wildman–Crippen MR) is 113 cm³/mol. The molecule has 0 saturated heterocycles. The summed E-state index contributed by atoms with van der Waals surface area (Å²) in [5.74, 6) is -0.317. The molecule has 0 unspecified atom stereocenters. The highest BCUT2D eigenvalue weighted by Gasteiger charge is 2.12. The fourth-order valence-electron chi connectivity index (χ4n) is 2.87. The number of Topliss-reactive ketones (excluding diaryl/α,β-unsaturated/α-hetero) is 1. The van der Waals surface area contributed by atoms with Gasteiger partial charge in [-0.1, -0.05) is 29.8 Å². The third-order valence-corrected chi connectivity index (χ3v) is 4.53. The van der Waals surface area contributed by atoms with Gasteiger partial charge < -0.3 is 10.6 Å². The lowest BCUT2D eigenvalue weighted by Crippen LogP contribution is -2.14. The van der Waals surface area contributed by atoms with Gasteiger partial charge in [-0.3, -0.25) is 14.6 Å². The number of nitrogens with one attached hydrogen (secondary N) is 2. The fraction of sp³-hybridized carbons (Fsp3) is 0.136. The molecular formula is C22H20ClN3O2. The molecule has 0 spiro atoms. The molecule has 1 amide bonds. The van der Waals surface area contributed by atoms with Gasteiger partial charge in [0.1, 0.15) is 0 Å². The van der Waals surface area contributed by atoms with Crippen LogP contribution in [0.25, 0.3) is 0 Å². The number of carbonyl (C=O) groups excluding carboxylic acids is 2. The Morgan fingerprint density at radius 3 is 2.43 bits per heavy atom. The Hall–Kier alpha value is -3.18. The number of halogens is 1. The highest BCUT2D eigenvalue weighted by atomic mass is 35.5. The summed E-state index contributed by atoms with van der Waals surface area (Å²) in [4.78, 5) is 28.3. The van der Waals surface area contributed by atoms with Crippen LogP contribution in [0.4, 0.5) is 17.1 Å². The maximum atomic E-state index is 12.7. The van der Waals surface area contributed by atoms with Crippen molar-refractivity contribution in [2.24, 2.45) is 0 Å². The maximum Gasteiger partial charge on any atom is 0.257 e. The molecule has 2 N–H and O–H groups in total. The molecule has 0 aliphatic carbocycles. The van der Waals surface area contributed by atoms with E-state index in [4.69, 9.17) is 11.6 Å². The smallest absolute Gasteiger partial charge is 0.257 e. The third-order valence-electron chi connectivity index (χ3n) is 4.23. The Morgan fingerprint density at radius 2 is 1.71 bits per heavy atom. The second kappa shape index (κ2) is 8.23. The van der Waals surface area contributed by atoms with Crippen LogP contribution in [-0.2, 0) is 0 Å². The van der Waals surface area contributed by atoms with Crippen LogP contribution in [0.5, 0.6) is 0 Å². The molecule has 0 radical (unpaired) electrons. The molecule has 0 fully saturated rings. The summed E-state index contributed by atoms with van der Waals surface area (Å²) < 4.78 is 0. The van der Waals surface area contributed by atoms with Gasteiger partial charge in [-0.2, -0.15) is 0 Å². The number of amides is 1. The van der Waals surface area contributed by atoms with E-state index in [9.17, 15) is 9.59 Å². The van der Waals surface area contributed by atoms with E-state index < -0.39 is 0 Å². The lowest BCUT2D eigenvalue weighted by Gasteiger charge is -2.12. The zero-order valence-corrected chi connectivity index (χ0v) is 16.6. The Balaban J connectivity index is 1.80. The number of ketones is 1. The van der Waals surface area contributed by atoms with Crippen LogP contribution < -0.4 is 10.6 Å². The molecule has 0 aliphatic heterocycles. The van der Waals surface area contributed by atoms with E-state index >= 15 is 0 Å². The van der Waals surface area contributed by atoms with Crippen molar-refractivity contribution >= 4 is 40.4 Å². The average molecular weight is 394 g/mol. The largest absolute Gasteiger partial charge is 0.354 e. The normalized spacial score (nSPS) is 10.4. The summed E-state index contributed by atoms with van der Waals surface area (Å²) >= 11 is 6.28. The van der Waals surface area contributed by atoms with Gasteiger partial charge in [0.2, 0.25) is 0 Å². The lowest BCUT2D eigenvalue weighted by atomic mass is 10.1. The molecule has 0 saturated carbocycles. The van der Waals surface area contributed by atoms with E-state index in [1.807, 2.05) is 32.0 Å². The van der Waals surface area contributed by atoms with Crippen molar-refractivity contribution in [3.63, 3.8) is 0 Å². The van der Waals surface area contributed by atoms with Gasteiger partial charge in [0.05, 0.1) is 28.2 Å². The topological polar surface area (TPSA) is 71.1 Å². The van der Waals surface area contributed by atoms with Crippen LogP contribution in [0, 0.1) is 13.8 Å². The SMILES string of the molecule is CC(=O)c1cccc(Nc2cncc(C(=O)Nc3c(C)cc(C)cc3Cl)c2)c1. The summed E-state index contributed by atoms with van der Waals surface area (Å²) in [5.41, 5.74) is 4.89. The molecule has 142 valence electrons. The number of rotatable bonds is 5. The Labute approximate surface area is 168 Å². The van der Waals surface area contributed by atoms with E-state index in [0.29, 0.717) is 27.5 Å². The summed E-state index contributed by atoms with van der Waals surface area (Å²) in [6.45, 7) is 5.36. The molecule has 3 rings (SSSR count). The van der Waals surface area contributed by atoms with E-state index in [0.717, 1.165) is 16.8 Å². The number of hydrogen-bond acceptors (Lipinski definition) is 4. The summed E-state index contributed by atoms with van der Waals surface area (Å²) in [6, 6.07) is 12.6. The van der Waals surface area contributed by atoms with Crippen LogP contribution in [-0.4, -0.2) is 16.7 Å². The number of anilines is 3. The number of aromatic nitrogens is 1. The van der Waals surface area contributed by atoms with Gasteiger partial charge >= 0.3 is 0 Å². The first-order chi connectivity index (χ1) is 13.3. The minimum atomic E-state index is -0.303. The Bertz CT molecular complexity index is 1040. The molecule has 0 atom stereocenters. The van der Waals surface area contributed by atoms with Crippen LogP contribution in [0.2, 0.25) is 5.02 Å². The maximum absolute atomic E-state index is 12.7. The number of aryl methyl sites for hydroxylation is 2. The van der Waals surface area contributed by atoms with E-state index in [2.05, 4.69) is 15.6 Å². The first-order valence-corrected chi connectivity index (χ1v) is 9.12. The Morgan fingerprint density at radius 1 is 0.964 bits per heavy atom. The van der Waals surface area contributed by atoms with E-state index in [1.165, 1.54) is 13.1 Å². The average Bonchev–Trinajstić information content (AvgIpc) is 2.65. The molecule has 28 heavy (non-hydrogen) atoms. The quantitative estimate of drug-likeness (QED) is 0.557. The molecule has 1 heterocycles. The van der Waals surface area contributed by atoms with Crippen molar-refractivity contribution < 1.29 is 9.59 Å². The second-order valence-corrected chi connectivity index (χ2v) is 7.02. The standard InChI is InChI=1S/C22H20ClN3O2/c1-13-7-14(2)21(20(23)8-13)26-22(28)17-10-19(12-24-11-17)25-18-6-4-5-16(9-18)15(3)27/h4-12,25H,1-3H3,(H,26,28). The van der Waals surface area contributed by atoms with E-state index in [1.54, 1.807) is 30.5 Å². The van der Waals surface area contributed by atoms with Crippen molar-refractivity contribution in [3.8, 4) is 0 Å². The molecule has 6 heteroatoms. The van der Waals surface area contributed by atoms with Gasteiger partial charge in [-0.15, -0.1) is 0 Å². The highest BCUT2D eigenvalue weighted by molar-refractivity contribution is 6.34. The molecule has 0 bridgehead atoms. The number of carbonyl (C=O) groups is 2. The molecule has 2 aromatic carbocycles. The van der Waals surface area contributed by atoms with Crippen molar-refractivity contribution in [2.45, 2.75) is 20.8 Å². The van der Waals surface area contributed by atoms with E-state index in [-0.39, 0.29) is 11.7 Å². The van der Waals surface area contributed by atoms with Crippen LogP contribution >= 0.6 is 11.6 Å².